The third-order valence-electron chi connectivity index (χ3n) is 1.84. The van der Waals surface area contributed by atoms with Gasteiger partial charge in [-0.05, 0) is 30.7 Å². The average Bonchev–Trinajstić information content (AvgIpc) is 2.05. The highest BCUT2D eigenvalue weighted by molar-refractivity contribution is 5.63. The lowest BCUT2D eigenvalue weighted by atomic mass is 10.0. The van der Waals surface area contributed by atoms with Crippen molar-refractivity contribution in [3.8, 4) is 0 Å². The maximum Gasteiger partial charge on any atom is 0.0649 e. The monoisotopic (exact) mass is 134 g/mol. The van der Waals surface area contributed by atoms with Crippen LogP contribution in [0.3, 0.4) is 0 Å². The highest BCUT2D eigenvalue weighted by Gasteiger charge is 2.08. The van der Waals surface area contributed by atoms with Gasteiger partial charge in [-0.1, -0.05) is 0 Å². The first-order chi connectivity index (χ1) is 4.97. The van der Waals surface area contributed by atoms with E-state index in [1.165, 1.54) is 17.7 Å². The summed E-state index contributed by atoms with van der Waals surface area (Å²) >= 11 is 0. The van der Waals surface area contributed by atoms with Gasteiger partial charge in [0, 0.05) is 12.8 Å². The summed E-state index contributed by atoms with van der Waals surface area (Å²) in [5.74, 6) is 0. The van der Waals surface area contributed by atoms with Crippen LogP contribution in [-0.4, -0.2) is 12.8 Å². The molecule has 2 aliphatic rings. The molecule has 0 fully saturated rings. The number of hydrogen-bond donors (Lipinski definition) is 1. The van der Waals surface area contributed by atoms with Crippen LogP contribution in [0.4, 0.5) is 0 Å². The smallest absolute Gasteiger partial charge is 0.0649 e. The maximum atomic E-state index is 4.28. The summed E-state index contributed by atoms with van der Waals surface area (Å²) in [5.41, 5.74) is 2.62. The summed E-state index contributed by atoms with van der Waals surface area (Å²) in [7, 11) is 0. The van der Waals surface area contributed by atoms with Crippen molar-refractivity contribution in [1.29, 1.82) is 0 Å². The second kappa shape index (κ2) is 2.29. The first-order valence-corrected chi connectivity index (χ1v) is 3.61. The molecule has 2 heterocycles. The van der Waals surface area contributed by atoms with Crippen LogP contribution >= 0.6 is 0 Å². The van der Waals surface area contributed by atoms with Gasteiger partial charge < -0.3 is 5.32 Å². The van der Waals surface area contributed by atoms with Gasteiger partial charge in [0.15, 0.2) is 0 Å². The van der Waals surface area contributed by atoms with E-state index in [-0.39, 0.29) is 0 Å². The van der Waals surface area contributed by atoms with E-state index in [9.17, 15) is 0 Å². The van der Waals surface area contributed by atoms with Crippen molar-refractivity contribution in [1.82, 2.24) is 5.32 Å². The number of aliphatic imine (C=N–C) groups is 1. The SMILES string of the molecule is C1=CC2=C(CCC=N2)CN1. The van der Waals surface area contributed by atoms with Crippen molar-refractivity contribution >= 4 is 6.21 Å². The van der Waals surface area contributed by atoms with Crippen LogP contribution in [0, 0.1) is 0 Å². The molecule has 0 saturated heterocycles. The Labute approximate surface area is 60.3 Å². The molecule has 1 N–H and O–H groups in total. The Kier molecular flexibility index (Phi) is 1.31. The van der Waals surface area contributed by atoms with Crippen LogP contribution in [0.2, 0.25) is 0 Å². The number of allylic oxidation sites excluding steroid dienone is 1. The van der Waals surface area contributed by atoms with E-state index >= 15 is 0 Å². The van der Waals surface area contributed by atoms with E-state index in [4.69, 9.17) is 0 Å². The molecular weight excluding hydrogens is 124 g/mol. The van der Waals surface area contributed by atoms with Gasteiger partial charge in [-0.3, -0.25) is 4.99 Å². The fraction of sp³-hybridized carbons (Fsp3) is 0.375. The minimum Gasteiger partial charge on any atom is -0.387 e. The van der Waals surface area contributed by atoms with Gasteiger partial charge in [-0.15, -0.1) is 0 Å². The summed E-state index contributed by atoms with van der Waals surface area (Å²) in [4.78, 5) is 4.28. The Hall–Kier alpha value is -1.05. The van der Waals surface area contributed by atoms with Crippen molar-refractivity contribution in [2.24, 2.45) is 4.99 Å². The lowest BCUT2D eigenvalue weighted by Crippen LogP contribution is -2.16. The third kappa shape index (κ3) is 0.856. The zero-order valence-corrected chi connectivity index (χ0v) is 5.80. The molecule has 0 radical (unpaired) electrons. The molecule has 0 atom stereocenters. The van der Waals surface area contributed by atoms with Crippen molar-refractivity contribution in [3.63, 3.8) is 0 Å². The fourth-order valence-electron chi connectivity index (χ4n) is 1.28. The average molecular weight is 134 g/mol. The van der Waals surface area contributed by atoms with E-state index in [0.29, 0.717) is 0 Å². The minimum absolute atomic E-state index is 0.989. The van der Waals surface area contributed by atoms with Crippen molar-refractivity contribution < 1.29 is 0 Å². The Morgan fingerprint density at radius 1 is 1.50 bits per heavy atom. The zero-order chi connectivity index (χ0) is 6.81. The van der Waals surface area contributed by atoms with Gasteiger partial charge in [0.05, 0.1) is 5.70 Å². The van der Waals surface area contributed by atoms with Crippen molar-refractivity contribution in [2.45, 2.75) is 12.8 Å². The molecule has 0 unspecified atom stereocenters. The first kappa shape index (κ1) is 5.71. The molecule has 0 aromatic heterocycles. The fourth-order valence-corrected chi connectivity index (χ4v) is 1.28. The van der Waals surface area contributed by atoms with E-state index < -0.39 is 0 Å². The summed E-state index contributed by atoms with van der Waals surface area (Å²) in [6.45, 7) is 0.989. The second-order valence-electron chi connectivity index (χ2n) is 2.55. The van der Waals surface area contributed by atoms with Crippen LogP contribution in [0.25, 0.3) is 0 Å². The number of rotatable bonds is 0. The van der Waals surface area contributed by atoms with Gasteiger partial charge in [-0.2, -0.15) is 0 Å². The van der Waals surface area contributed by atoms with Crippen LogP contribution in [0.5, 0.6) is 0 Å². The molecule has 2 rings (SSSR count). The lowest BCUT2D eigenvalue weighted by molar-refractivity contribution is 0.824. The third-order valence-corrected chi connectivity index (χ3v) is 1.84. The van der Waals surface area contributed by atoms with Gasteiger partial charge in [0.25, 0.3) is 0 Å². The first-order valence-electron chi connectivity index (χ1n) is 3.61. The van der Waals surface area contributed by atoms with E-state index in [1.54, 1.807) is 0 Å². The molecule has 2 aliphatic heterocycles. The Balaban J connectivity index is 2.32. The maximum absolute atomic E-state index is 4.28. The van der Waals surface area contributed by atoms with E-state index in [0.717, 1.165) is 13.0 Å². The zero-order valence-electron chi connectivity index (χ0n) is 5.80. The van der Waals surface area contributed by atoms with Gasteiger partial charge in [0.2, 0.25) is 0 Å². The van der Waals surface area contributed by atoms with Crippen LogP contribution in [0.15, 0.2) is 28.5 Å². The normalized spacial score (nSPS) is 22.4. The Morgan fingerprint density at radius 2 is 2.50 bits per heavy atom. The molecule has 0 spiro atoms. The molecule has 0 saturated carbocycles. The quantitative estimate of drug-likeness (QED) is 0.529. The van der Waals surface area contributed by atoms with Gasteiger partial charge in [0.1, 0.15) is 0 Å². The highest BCUT2D eigenvalue weighted by atomic mass is 14.9. The van der Waals surface area contributed by atoms with E-state index in [1.807, 2.05) is 18.5 Å². The Morgan fingerprint density at radius 3 is 3.40 bits per heavy atom. The predicted octanol–water partition coefficient (Wildman–Crippen LogP) is 1.22. The minimum atomic E-state index is 0.989. The molecule has 2 nitrogen and oxygen atoms in total. The summed E-state index contributed by atoms with van der Waals surface area (Å²) in [6, 6.07) is 0. The molecule has 0 aromatic rings. The summed E-state index contributed by atoms with van der Waals surface area (Å²) in [6.07, 6.45) is 8.27. The van der Waals surface area contributed by atoms with Crippen LogP contribution in [0.1, 0.15) is 12.8 Å². The molecule has 52 valence electrons. The van der Waals surface area contributed by atoms with Crippen molar-refractivity contribution in [2.75, 3.05) is 6.54 Å². The predicted molar refractivity (Wildman–Crippen MR) is 41.9 cm³/mol. The van der Waals surface area contributed by atoms with Gasteiger partial charge in [-0.25, -0.2) is 0 Å². The number of hydrogen-bond acceptors (Lipinski definition) is 2. The summed E-state index contributed by atoms with van der Waals surface area (Å²) in [5, 5.41) is 3.17. The molecular formula is C8H10N2. The molecule has 0 bridgehead atoms. The van der Waals surface area contributed by atoms with Crippen LogP contribution in [-0.2, 0) is 0 Å². The molecule has 2 heteroatoms. The topological polar surface area (TPSA) is 24.4 Å². The standard InChI is InChI=1S/C8H10N2/c1-2-7-6-9-5-3-8(7)10-4-1/h3-5,9H,1-2,6H2. The number of nitrogens with one attached hydrogen (secondary N) is 1. The number of nitrogens with zero attached hydrogens (tertiary/aromatic N) is 1. The lowest BCUT2D eigenvalue weighted by Gasteiger charge is -2.16. The largest absolute Gasteiger partial charge is 0.387 e. The molecule has 10 heavy (non-hydrogen) atoms. The van der Waals surface area contributed by atoms with E-state index in [2.05, 4.69) is 10.3 Å². The van der Waals surface area contributed by atoms with Gasteiger partial charge >= 0.3 is 0 Å². The highest BCUT2D eigenvalue weighted by Crippen LogP contribution is 2.18. The van der Waals surface area contributed by atoms with Crippen LogP contribution < -0.4 is 5.32 Å². The molecule has 0 aliphatic carbocycles. The molecule has 0 aromatic carbocycles. The number of dihydropyridines is 1. The second-order valence-corrected chi connectivity index (χ2v) is 2.55. The molecule has 0 amide bonds. The Bertz CT molecular complexity index is 201. The summed E-state index contributed by atoms with van der Waals surface area (Å²) < 4.78 is 0. The van der Waals surface area contributed by atoms with Crippen molar-refractivity contribution in [3.05, 3.63) is 23.5 Å².